The van der Waals surface area contributed by atoms with Gasteiger partial charge in [0.15, 0.2) is 0 Å². The highest BCUT2D eigenvalue weighted by Crippen LogP contribution is 2.22. The normalized spacial score (nSPS) is 18.9. The molecule has 0 aromatic carbocycles. The summed E-state index contributed by atoms with van der Waals surface area (Å²) >= 11 is 0. The zero-order valence-electron chi connectivity index (χ0n) is 13.4. The molecule has 1 aliphatic rings. The summed E-state index contributed by atoms with van der Waals surface area (Å²) in [5.41, 5.74) is -0.578. The van der Waals surface area contributed by atoms with Gasteiger partial charge >= 0.3 is 5.97 Å². The van der Waals surface area contributed by atoms with Gasteiger partial charge in [-0.05, 0) is 52.5 Å². The number of nitrogens with one attached hydrogen (secondary N) is 1. The van der Waals surface area contributed by atoms with Crippen LogP contribution in [0.4, 0.5) is 0 Å². The van der Waals surface area contributed by atoms with Crippen LogP contribution in [0.25, 0.3) is 0 Å². The molecule has 0 heterocycles. The van der Waals surface area contributed by atoms with Crippen LogP contribution >= 0.6 is 0 Å². The molecule has 1 aliphatic carbocycles. The third-order valence-corrected chi connectivity index (χ3v) is 3.97. The predicted octanol–water partition coefficient (Wildman–Crippen LogP) is 3.05. The Balaban J connectivity index is 2.32. The average molecular weight is 285 g/mol. The molecule has 0 saturated heterocycles. The first-order valence-electron chi connectivity index (χ1n) is 8.16. The second-order valence-electron chi connectivity index (χ2n) is 5.86. The van der Waals surface area contributed by atoms with E-state index in [4.69, 9.17) is 9.47 Å². The largest absolute Gasteiger partial charge is 0.465 e. The van der Waals surface area contributed by atoms with Crippen molar-refractivity contribution in [1.29, 1.82) is 0 Å². The van der Waals surface area contributed by atoms with Crippen molar-refractivity contribution in [1.82, 2.24) is 5.32 Å². The van der Waals surface area contributed by atoms with Gasteiger partial charge in [-0.2, -0.15) is 0 Å². The molecule has 1 atom stereocenters. The lowest BCUT2D eigenvalue weighted by Crippen LogP contribution is -2.51. The molecular weight excluding hydrogens is 254 g/mol. The first-order valence-corrected chi connectivity index (χ1v) is 8.16. The number of carbonyl (C=O) groups excluding carboxylic acids is 1. The van der Waals surface area contributed by atoms with Crippen molar-refractivity contribution in [2.24, 2.45) is 0 Å². The van der Waals surface area contributed by atoms with Crippen LogP contribution in [0.3, 0.4) is 0 Å². The predicted molar refractivity (Wildman–Crippen MR) is 80.8 cm³/mol. The van der Waals surface area contributed by atoms with Crippen LogP contribution in [0.15, 0.2) is 0 Å². The maximum Gasteiger partial charge on any atom is 0.326 e. The van der Waals surface area contributed by atoms with E-state index >= 15 is 0 Å². The van der Waals surface area contributed by atoms with E-state index in [2.05, 4.69) is 12.2 Å². The van der Waals surface area contributed by atoms with Gasteiger partial charge in [-0.1, -0.05) is 19.8 Å². The van der Waals surface area contributed by atoms with Crippen LogP contribution in [-0.2, 0) is 14.3 Å². The van der Waals surface area contributed by atoms with Gasteiger partial charge in [0.25, 0.3) is 0 Å². The fourth-order valence-electron chi connectivity index (χ4n) is 2.68. The maximum atomic E-state index is 12.1. The van der Waals surface area contributed by atoms with Gasteiger partial charge in [-0.3, -0.25) is 4.79 Å². The molecule has 1 rings (SSSR count). The van der Waals surface area contributed by atoms with Gasteiger partial charge in [0, 0.05) is 6.61 Å². The van der Waals surface area contributed by atoms with Crippen LogP contribution in [-0.4, -0.2) is 37.4 Å². The molecule has 0 radical (unpaired) electrons. The fourth-order valence-corrected chi connectivity index (χ4v) is 2.68. The van der Waals surface area contributed by atoms with Crippen molar-refractivity contribution < 1.29 is 14.3 Å². The third kappa shape index (κ3) is 5.80. The van der Waals surface area contributed by atoms with E-state index in [1.165, 1.54) is 25.7 Å². The lowest BCUT2D eigenvalue weighted by atomic mass is 9.95. The molecule has 4 heteroatoms. The third-order valence-electron chi connectivity index (χ3n) is 3.97. The summed E-state index contributed by atoms with van der Waals surface area (Å²) in [5.74, 6) is -0.144. The Morgan fingerprint density at radius 2 is 2.00 bits per heavy atom. The van der Waals surface area contributed by atoms with E-state index in [-0.39, 0.29) is 5.97 Å². The molecule has 0 aromatic heterocycles. The molecule has 0 spiro atoms. The molecule has 0 amide bonds. The molecule has 0 bridgehead atoms. The minimum absolute atomic E-state index is 0.144. The smallest absolute Gasteiger partial charge is 0.326 e. The van der Waals surface area contributed by atoms with Crippen molar-refractivity contribution in [2.45, 2.75) is 77.4 Å². The van der Waals surface area contributed by atoms with Gasteiger partial charge in [0.2, 0.25) is 0 Å². The van der Waals surface area contributed by atoms with Gasteiger partial charge in [-0.15, -0.1) is 0 Å². The second-order valence-corrected chi connectivity index (χ2v) is 5.86. The first kappa shape index (κ1) is 17.4. The molecule has 1 unspecified atom stereocenters. The lowest BCUT2D eigenvalue weighted by molar-refractivity contribution is -0.151. The minimum Gasteiger partial charge on any atom is -0.465 e. The molecule has 0 aliphatic heterocycles. The maximum absolute atomic E-state index is 12.1. The Bertz CT molecular complexity index is 277. The number of ether oxygens (including phenoxy) is 2. The molecule has 118 valence electrons. The molecule has 1 fully saturated rings. The zero-order chi connectivity index (χ0) is 14.8. The van der Waals surface area contributed by atoms with Gasteiger partial charge in [0.1, 0.15) is 5.54 Å². The Morgan fingerprint density at radius 1 is 1.30 bits per heavy atom. The summed E-state index contributed by atoms with van der Waals surface area (Å²) < 4.78 is 11.1. The van der Waals surface area contributed by atoms with Crippen LogP contribution in [0.2, 0.25) is 0 Å². The van der Waals surface area contributed by atoms with E-state index in [9.17, 15) is 4.79 Å². The number of hydrogen-bond donors (Lipinski definition) is 1. The van der Waals surface area contributed by atoms with Crippen molar-refractivity contribution >= 4 is 5.97 Å². The number of carbonyl (C=O) groups is 1. The molecule has 1 N–H and O–H groups in total. The topological polar surface area (TPSA) is 47.6 Å². The van der Waals surface area contributed by atoms with E-state index in [0.29, 0.717) is 12.7 Å². The Kier molecular flexibility index (Phi) is 8.15. The van der Waals surface area contributed by atoms with E-state index in [1.54, 1.807) is 0 Å². The summed E-state index contributed by atoms with van der Waals surface area (Å²) in [5, 5.41) is 3.33. The van der Waals surface area contributed by atoms with Crippen molar-refractivity contribution in [3.05, 3.63) is 0 Å². The first-order chi connectivity index (χ1) is 9.62. The molecular formula is C16H31NO3. The highest BCUT2D eigenvalue weighted by molar-refractivity contribution is 5.80. The molecule has 4 nitrogen and oxygen atoms in total. The number of rotatable bonds is 10. The van der Waals surface area contributed by atoms with Crippen molar-refractivity contribution in [3.8, 4) is 0 Å². The Hall–Kier alpha value is -0.610. The average Bonchev–Trinajstić information content (AvgIpc) is 2.95. The molecule has 1 saturated carbocycles. The zero-order valence-corrected chi connectivity index (χ0v) is 13.4. The monoisotopic (exact) mass is 285 g/mol. The summed E-state index contributed by atoms with van der Waals surface area (Å²) in [6.07, 6.45) is 8.10. The SMILES string of the molecule is CCCNC(C)(CCCOC1CCCC1)C(=O)OCC. The van der Waals surface area contributed by atoms with Crippen molar-refractivity contribution in [2.75, 3.05) is 19.8 Å². The highest BCUT2D eigenvalue weighted by Gasteiger charge is 2.33. The second kappa shape index (κ2) is 9.35. The van der Waals surface area contributed by atoms with Crippen LogP contribution in [0.1, 0.15) is 65.7 Å². The van der Waals surface area contributed by atoms with Gasteiger partial charge in [-0.25, -0.2) is 0 Å². The van der Waals surface area contributed by atoms with E-state index < -0.39 is 5.54 Å². The van der Waals surface area contributed by atoms with Gasteiger partial charge in [0.05, 0.1) is 12.7 Å². The van der Waals surface area contributed by atoms with Crippen molar-refractivity contribution in [3.63, 3.8) is 0 Å². The Morgan fingerprint density at radius 3 is 2.60 bits per heavy atom. The summed E-state index contributed by atoms with van der Waals surface area (Å²) in [7, 11) is 0. The lowest BCUT2D eigenvalue weighted by Gasteiger charge is -2.28. The highest BCUT2D eigenvalue weighted by atomic mass is 16.5. The quantitative estimate of drug-likeness (QED) is 0.495. The molecule has 20 heavy (non-hydrogen) atoms. The summed E-state index contributed by atoms with van der Waals surface area (Å²) in [4.78, 5) is 12.1. The van der Waals surface area contributed by atoms with Gasteiger partial charge < -0.3 is 14.8 Å². The fraction of sp³-hybridized carbons (Fsp3) is 0.938. The minimum atomic E-state index is -0.578. The Labute approximate surface area is 123 Å². The standard InChI is InChI=1S/C16H31NO3/c1-4-12-17-16(3,15(18)19-5-2)11-8-13-20-14-9-6-7-10-14/h14,17H,4-13H2,1-3H3. The summed E-state index contributed by atoms with van der Waals surface area (Å²) in [6, 6.07) is 0. The van der Waals surface area contributed by atoms with Crippen LogP contribution in [0, 0.1) is 0 Å². The number of hydrogen-bond acceptors (Lipinski definition) is 4. The summed E-state index contributed by atoms with van der Waals surface area (Å²) in [6.45, 7) is 7.90. The molecule has 0 aromatic rings. The van der Waals surface area contributed by atoms with E-state index in [0.717, 1.165) is 32.4 Å². The van der Waals surface area contributed by atoms with Crippen LogP contribution < -0.4 is 5.32 Å². The van der Waals surface area contributed by atoms with Crippen LogP contribution in [0.5, 0.6) is 0 Å². The number of esters is 1. The van der Waals surface area contributed by atoms with E-state index in [1.807, 2.05) is 13.8 Å².